The monoisotopic (exact) mass is 1440 g/mol. The zero-order valence-corrected chi connectivity index (χ0v) is 65.0. The Bertz CT molecular complexity index is 3340. The average molecular weight is 1440 g/mol. The van der Waals surface area contributed by atoms with Crippen LogP contribution in [0.3, 0.4) is 0 Å². The molecular formula is C83H127ClN4O14. The number of rotatable bonds is 12. The molecule has 15 aliphatic rings. The fourth-order valence-electron chi connectivity index (χ4n) is 28.4. The number of allylic oxidation sites excluding steroid dienone is 1. The maximum absolute atomic E-state index is 13.0. The van der Waals surface area contributed by atoms with E-state index in [2.05, 4.69) is 114 Å². The van der Waals surface area contributed by atoms with Crippen molar-refractivity contribution in [1.82, 2.24) is 15.1 Å². The van der Waals surface area contributed by atoms with Crippen LogP contribution >= 0.6 is 11.6 Å². The highest BCUT2D eigenvalue weighted by atomic mass is 35.5. The summed E-state index contributed by atoms with van der Waals surface area (Å²) in [5.41, 5.74) is 1.56. The smallest absolute Gasteiger partial charge is 0.410 e. The number of carbonyl (C=O) groups excluding carboxylic acids is 3. The number of fused-ring (bicyclic) bond motifs is 8. The molecule has 570 valence electrons. The molecule has 0 bridgehead atoms. The van der Waals surface area contributed by atoms with Crippen molar-refractivity contribution >= 4 is 34.9 Å². The SMILES string of the molecule is C=C(C[C@H]1CC[C@]23C[C@]24CC[C@]2(C)[C@@H]5[C@H](O[C@@H](C(OC(=O)N6CCC6)C(C)C)C[C@H]5C)[C@H](O)[C@@]2(C)[C@@H]4CC[C@H]3C1(C)C)NC1CCOCC1.CC(C)C(OC(=O)N1CCC1)[C@H]1C[C@@H](C)[C@H]2[C@H](O1)[C@H](O)[C@@]1(C)[C@@H]3CC[C@H]4C(C)(C)[C@@H](O)CC[C@@]45C[C@@]35CC[C@]21C.O=C(Cl)Oc1ccc([N+](=O)[O-])cc1. The second-order valence-electron chi connectivity index (χ2n) is 39.1. The number of non-ortho nitro benzene ring substituents is 1. The van der Waals surface area contributed by atoms with Crippen molar-refractivity contribution in [1.29, 1.82) is 0 Å². The van der Waals surface area contributed by atoms with Gasteiger partial charge in [-0.2, -0.15) is 0 Å². The van der Waals surface area contributed by atoms with Crippen LogP contribution in [0.1, 0.15) is 232 Å². The van der Waals surface area contributed by atoms with E-state index in [4.69, 9.17) is 35.3 Å². The molecule has 2 amide bonds. The first-order valence-electron chi connectivity index (χ1n) is 40.4. The fourth-order valence-corrected chi connectivity index (χ4v) is 28.5. The number of hydrogen-bond acceptors (Lipinski definition) is 15. The number of halogens is 1. The molecule has 15 fully saturated rings. The van der Waals surface area contributed by atoms with Crippen molar-refractivity contribution in [3.8, 4) is 5.75 Å². The Labute approximate surface area is 613 Å². The molecule has 2 unspecified atom stereocenters. The van der Waals surface area contributed by atoms with Gasteiger partial charge in [0.2, 0.25) is 0 Å². The molecule has 0 radical (unpaired) electrons. The zero-order chi connectivity index (χ0) is 73.2. The summed E-state index contributed by atoms with van der Waals surface area (Å²) in [6.07, 6.45) is 21.3. The minimum atomic E-state index is -0.978. The number of nitro benzene ring substituents is 1. The second-order valence-corrected chi connectivity index (χ2v) is 39.4. The van der Waals surface area contributed by atoms with Crippen LogP contribution in [0.15, 0.2) is 36.5 Å². The van der Waals surface area contributed by atoms with E-state index in [-0.39, 0.29) is 111 Å². The van der Waals surface area contributed by atoms with E-state index in [1.807, 2.05) is 4.90 Å². The van der Waals surface area contributed by atoms with Crippen molar-refractivity contribution in [2.75, 3.05) is 39.4 Å². The lowest BCUT2D eigenvalue weighted by atomic mass is 9.41. The molecule has 16 rings (SSSR count). The number of aliphatic hydroxyl groups excluding tert-OH is 3. The van der Waals surface area contributed by atoms with Crippen molar-refractivity contribution in [2.45, 2.75) is 293 Å². The Morgan fingerprint density at radius 3 is 1.48 bits per heavy atom. The number of likely N-dealkylation sites (tertiary alicyclic amines) is 2. The van der Waals surface area contributed by atoms with Gasteiger partial charge in [-0.1, -0.05) is 104 Å². The Hall–Kier alpha value is -3.78. The van der Waals surface area contributed by atoms with Gasteiger partial charge in [-0.15, -0.1) is 0 Å². The lowest BCUT2D eigenvalue weighted by Crippen LogP contribution is -2.59. The van der Waals surface area contributed by atoms with E-state index in [1.54, 1.807) is 4.90 Å². The summed E-state index contributed by atoms with van der Waals surface area (Å²) in [5, 5.41) is 50.1. The molecule has 1 aromatic rings. The van der Waals surface area contributed by atoms with Gasteiger partial charge in [-0.3, -0.25) is 10.1 Å². The van der Waals surface area contributed by atoms with Crippen LogP contribution < -0.4 is 10.1 Å². The summed E-state index contributed by atoms with van der Waals surface area (Å²) in [5.74, 6) is 4.96. The second kappa shape index (κ2) is 26.5. The third kappa shape index (κ3) is 11.3. The number of carbonyl (C=O) groups is 3. The standard InChI is InChI=1S/C42H68N2O5.C34H55NO5.C7H4ClNO4/c1-25(2)34(49-37(46)44-18-9-19-44)30-22-26(3)33-35(48-30)36(45)40(8)32-11-10-31-38(5,6)28(23-27(4)43-29-13-20-47-21-14-29)12-15-41(31)24-42(32,41)17-16-39(33,40)7;1-19(2)26(40-29(38)35-15-8-16-35)21-17-20(3)25-27(39-21)28(37)32(7)23-10-9-22-30(4,5)24(36)11-12-33(22)18-34(23,33)14-13-31(25,32)6;8-7(10)13-6-3-1-5(2-4-6)9(11)12/h25-26,28-36,43,45H,4,9-24H2,1-3,5-8H3;19-28,36-37H,8-18H2,1-7H3;1-4H/t26-,28-,30-,31+,32+,33+,34?,35+,36+,39-,40-,41-,42+;20-,21-,22+,23+,24+,25+,26?,27+,28+,31-,32-,33-,34+;/m11./s1. The van der Waals surface area contributed by atoms with Gasteiger partial charge < -0.3 is 58.9 Å². The molecule has 0 aromatic heterocycles. The molecule has 10 saturated carbocycles. The van der Waals surface area contributed by atoms with Crippen molar-refractivity contribution in [3.05, 3.63) is 46.7 Å². The Morgan fingerprint density at radius 1 is 0.627 bits per heavy atom. The van der Waals surface area contributed by atoms with Gasteiger partial charge in [0.1, 0.15) is 18.0 Å². The van der Waals surface area contributed by atoms with Gasteiger partial charge in [0.05, 0.1) is 47.7 Å². The van der Waals surface area contributed by atoms with Crippen molar-refractivity contribution in [3.63, 3.8) is 0 Å². The minimum Gasteiger partial charge on any atom is -0.443 e. The Morgan fingerprint density at radius 2 is 1.06 bits per heavy atom. The number of benzene rings is 1. The van der Waals surface area contributed by atoms with E-state index in [0.717, 1.165) is 116 Å². The third-order valence-corrected chi connectivity index (χ3v) is 34.1. The summed E-state index contributed by atoms with van der Waals surface area (Å²) in [7, 11) is 0. The number of nitrogens with zero attached hydrogens (tertiary/aromatic N) is 3. The summed E-state index contributed by atoms with van der Waals surface area (Å²) in [4.78, 5) is 49.3. The van der Waals surface area contributed by atoms with Crippen LogP contribution in [0, 0.1) is 129 Å². The molecule has 1 aromatic carbocycles. The number of ether oxygens (including phenoxy) is 6. The maximum atomic E-state index is 13.0. The highest BCUT2D eigenvalue weighted by molar-refractivity contribution is 6.61. The van der Waals surface area contributed by atoms with Crippen molar-refractivity contribution in [2.24, 2.45) is 119 Å². The highest BCUT2D eigenvalue weighted by Gasteiger charge is 2.87. The molecule has 4 N–H and O–H groups in total. The van der Waals surface area contributed by atoms with Crippen LogP contribution in [0.5, 0.6) is 5.75 Å². The maximum Gasteiger partial charge on any atom is 0.410 e. The van der Waals surface area contributed by atoms with Gasteiger partial charge in [-0.25, -0.2) is 14.4 Å². The van der Waals surface area contributed by atoms with Crippen molar-refractivity contribution < 1.29 is 63.0 Å². The van der Waals surface area contributed by atoms with Gasteiger partial charge in [0.25, 0.3) is 5.69 Å². The van der Waals surface area contributed by atoms with E-state index in [9.17, 15) is 39.8 Å². The molecule has 10 aliphatic carbocycles. The number of nitro groups is 1. The number of aliphatic hydroxyl groups is 3. The predicted molar refractivity (Wildman–Crippen MR) is 390 cm³/mol. The highest BCUT2D eigenvalue weighted by Crippen LogP contribution is 2.91. The van der Waals surface area contributed by atoms with Crippen LogP contribution in [0.4, 0.5) is 20.1 Å². The number of hydrogen-bond donors (Lipinski definition) is 4. The van der Waals surface area contributed by atoms with E-state index in [1.165, 1.54) is 94.2 Å². The average Bonchev–Trinajstić information content (AvgIpc) is 1.47. The third-order valence-electron chi connectivity index (χ3n) is 34.0. The lowest BCUT2D eigenvalue weighted by molar-refractivity contribution is -0.384. The summed E-state index contributed by atoms with van der Waals surface area (Å²) >= 11 is 4.92. The van der Waals surface area contributed by atoms with Gasteiger partial charge in [0, 0.05) is 85.7 Å². The first kappa shape index (κ1) is 75.0. The van der Waals surface area contributed by atoms with Gasteiger partial charge >= 0.3 is 17.6 Å². The molecule has 5 aliphatic heterocycles. The molecule has 19 heteroatoms. The summed E-state index contributed by atoms with van der Waals surface area (Å²) in [6, 6.07) is 5.53. The number of amides is 2. The number of nitrogens with one attached hydrogen (secondary N) is 1. The first-order valence-corrected chi connectivity index (χ1v) is 40.8. The van der Waals surface area contributed by atoms with Crippen LogP contribution in [-0.2, 0) is 23.7 Å². The molecule has 26 atom stereocenters. The quantitative estimate of drug-likeness (QED) is 0.0866. The van der Waals surface area contributed by atoms with E-state index in [0.29, 0.717) is 75.0 Å². The summed E-state index contributed by atoms with van der Waals surface area (Å²) < 4.78 is 36.4. The molecule has 18 nitrogen and oxygen atoms in total. The normalized spacial score (nSPS) is 46.2. The van der Waals surface area contributed by atoms with Gasteiger partial charge in [-0.05, 0) is 255 Å². The van der Waals surface area contributed by atoms with Crippen LogP contribution in [0.2, 0.25) is 0 Å². The Balaban J connectivity index is 0.000000149. The predicted octanol–water partition coefficient (Wildman–Crippen LogP) is 16.3. The molecule has 102 heavy (non-hydrogen) atoms. The molecule has 4 spiro atoms. The topological polar surface area (TPSA) is 229 Å². The minimum absolute atomic E-state index is 0.0269. The largest absolute Gasteiger partial charge is 0.443 e. The molecule has 5 heterocycles. The molecular weight excluding hydrogens is 1310 g/mol. The van der Waals surface area contributed by atoms with E-state index >= 15 is 0 Å². The van der Waals surface area contributed by atoms with Crippen LogP contribution in [-0.4, -0.2) is 148 Å². The summed E-state index contributed by atoms with van der Waals surface area (Å²) in [6.45, 7) is 42.5. The first-order chi connectivity index (χ1) is 48.0. The van der Waals surface area contributed by atoms with E-state index < -0.39 is 22.6 Å². The van der Waals surface area contributed by atoms with Crippen LogP contribution in [0.25, 0.3) is 0 Å². The Kier molecular flexibility index (Phi) is 19.5. The molecule has 5 saturated heterocycles. The fraction of sp³-hybridized carbons (Fsp3) is 0.867. The van der Waals surface area contributed by atoms with Gasteiger partial charge in [0.15, 0.2) is 0 Å². The lowest BCUT2D eigenvalue weighted by Gasteiger charge is -2.64. The zero-order valence-electron chi connectivity index (χ0n) is 64.3.